The molecule has 1 saturated heterocycles. The smallest absolute Gasteiger partial charge is 0.224 e. The summed E-state index contributed by atoms with van der Waals surface area (Å²) in [6, 6.07) is -0.000531. The van der Waals surface area contributed by atoms with Crippen LogP contribution in [0.5, 0.6) is 0 Å². The maximum Gasteiger partial charge on any atom is 0.224 e. The summed E-state index contributed by atoms with van der Waals surface area (Å²) in [6.45, 7) is 3.75. The van der Waals surface area contributed by atoms with E-state index in [0.29, 0.717) is 6.42 Å². The molecule has 0 spiro atoms. The van der Waals surface area contributed by atoms with Gasteiger partial charge in [-0.15, -0.1) is 0 Å². The van der Waals surface area contributed by atoms with Crippen LogP contribution in [0.25, 0.3) is 0 Å². The molecule has 0 radical (unpaired) electrons. The third-order valence-corrected chi connectivity index (χ3v) is 2.21. The lowest BCUT2D eigenvalue weighted by Crippen LogP contribution is -2.38. The van der Waals surface area contributed by atoms with Crippen molar-refractivity contribution in [3.63, 3.8) is 0 Å². The van der Waals surface area contributed by atoms with Gasteiger partial charge in [-0.2, -0.15) is 0 Å². The molecule has 1 heterocycles. The van der Waals surface area contributed by atoms with Crippen molar-refractivity contribution < 1.29 is 4.79 Å². The Hall–Kier alpha value is -0.570. The molecule has 1 amide bonds. The first-order chi connectivity index (χ1) is 5.70. The zero-order valence-corrected chi connectivity index (χ0v) is 7.75. The van der Waals surface area contributed by atoms with Crippen molar-refractivity contribution in [3.05, 3.63) is 0 Å². The third kappa shape index (κ3) is 2.81. The molecule has 0 saturated carbocycles. The SMILES string of the molecule is CC(N)CC(=O)N1CCCCC1. The molecule has 0 aromatic rings. The number of rotatable bonds is 2. The number of piperidine rings is 1. The van der Waals surface area contributed by atoms with E-state index in [1.807, 2.05) is 11.8 Å². The molecule has 1 fully saturated rings. The zero-order valence-electron chi connectivity index (χ0n) is 7.75. The lowest BCUT2D eigenvalue weighted by Gasteiger charge is -2.27. The van der Waals surface area contributed by atoms with Gasteiger partial charge in [-0.3, -0.25) is 4.79 Å². The minimum absolute atomic E-state index is 0.000531. The van der Waals surface area contributed by atoms with Gasteiger partial charge in [-0.1, -0.05) is 0 Å². The number of nitrogens with zero attached hydrogens (tertiary/aromatic N) is 1. The van der Waals surface area contributed by atoms with E-state index in [1.54, 1.807) is 0 Å². The highest BCUT2D eigenvalue weighted by atomic mass is 16.2. The standard InChI is InChI=1S/C9H18N2O/c1-8(10)7-9(12)11-5-3-2-4-6-11/h8H,2-7,10H2,1H3. The van der Waals surface area contributed by atoms with Crippen molar-refractivity contribution in [1.82, 2.24) is 4.90 Å². The van der Waals surface area contributed by atoms with Gasteiger partial charge >= 0.3 is 0 Å². The predicted molar refractivity (Wildman–Crippen MR) is 48.7 cm³/mol. The van der Waals surface area contributed by atoms with E-state index in [4.69, 9.17) is 5.73 Å². The highest BCUT2D eigenvalue weighted by Crippen LogP contribution is 2.10. The predicted octanol–water partition coefficient (Wildman–Crippen LogP) is 0.736. The third-order valence-electron chi connectivity index (χ3n) is 2.21. The summed E-state index contributed by atoms with van der Waals surface area (Å²) in [5.41, 5.74) is 5.55. The van der Waals surface area contributed by atoms with Gasteiger partial charge in [-0.25, -0.2) is 0 Å². The van der Waals surface area contributed by atoms with Crippen LogP contribution in [0.3, 0.4) is 0 Å². The molecule has 1 aliphatic heterocycles. The number of hydrogen-bond donors (Lipinski definition) is 1. The summed E-state index contributed by atoms with van der Waals surface area (Å²) in [5, 5.41) is 0. The van der Waals surface area contributed by atoms with Gasteiger partial charge < -0.3 is 10.6 Å². The van der Waals surface area contributed by atoms with Crippen LogP contribution < -0.4 is 5.73 Å². The first kappa shape index (κ1) is 9.52. The Morgan fingerprint density at radius 2 is 2.00 bits per heavy atom. The monoisotopic (exact) mass is 170 g/mol. The zero-order chi connectivity index (χ0) is 8.97. The van der Waals surface area contributed by atoms with Crippen molar-refractivity contribution in [2.24, 2.45) is 5.73 Å². The fourth-order valence-corrected chi connectivity index (χ4v) is 1.55. The van der Waals surface area contributed by atoms with Gasteiger partial charge in [0.2, 0.25) is 5.91 Å². The average Bonchev–Trinajstić information content (AvgIpc) is 2.05. The van der Waals surface area contributed by atoms with Crippen LogP contribution in [-0.2, 0) is 4.79 Å². The van der Waals surface area contributed by atoms with Crippen LogP contribution in [0.15, 0.2) is 0 Å². The van der Waals surface area contributed by atoms with E-state index in [0.717, 1.165) is 25.9 Å². The maximum absolute atomic E-state index is 11.5. The first-order valence-corrected chi connectivity index (χ1v) is 4.73. The van der Waals surface area contributed by atoms with E-state index < -0.39 is 0 Å². The highest BCUT2D eigenvalue weighted by molar-refractivity contribution is 5.76. The van der Waals surface area contributed by atoms with Crippen molar-refractivity contribution in [2.45, 2.75) is 38.6 Å². The van der Waals surface area contributed by atoms with Crippen molar-refractivity contribution >= 4 is 5.91 Å². The minimum Gasteiger partial charge on any atom is -0.343 e. The number of amides is 1. The Balaban J connectivity index is 2.30. The van der Waals surface area contributed by atoms with E-state index in [1.165, 1.54) is 6.42 Å². The molecular weight excluding hydrogens is 152 g/mol. The molecule has 12 heavy (non-hydrogen) atoms. The molecule has 0 bridgehead atoms. The molecule has 3 heteroatoms. The lowest BCUT2D eigenvalue weighted by atomic mass is 10.1. The molecule has 2 N–H and O–H groups in total. The highest BCUT2D eigenvalue weighted by Gasteiger charge is 2.16. The fraction of sp³-hybridized carbons (Fsp3) is 0.889. The van der Waals surface area contributed by atoms with E-state index >= 15 is 0 Å². The molecule has 70 valence electrons. The summed E-state index contributed by atoms with van der Waals surface area (Å²) in [5.74, 6) is 0.227. The second-order valence-electron chi connectivity index (χ2n) is 3.62. The Bertz CT molecular complexity index is 151. The van der Waals surface area contributed by atoms with E-state index in [-0.39, 0.29) is 11.9 Å². The van der Waals surface area contributed by atoms with E-state index in [2.05, 4.69) is 0 Å². The summed E-state index contributed by atoms with van der Waals surface area (Å²) in [7, 11) is 0. The topological polar surface area (TPSA) is 46.3 Å². The Kier molecular flexibility index (Phi) is 3.53. The number of carbonyl (C=O) groups is 1. The number of nitrogens with two attached hydrogens (primary N) is 1. The van der Waals surface area contributed by atoms with Gasteiger partial charge in [0, 0.05) is 25.6 Å². The minimum atomic E-state index is -0.000531. The van der Waals surface area contributed by atoms with Gasteiger partial charge in [0.15, 0.2) is 0 Å². The van der Waals surface area contributed by atoms with Crippen molar-refractivity contribution in [3.8, 4) is 0 Å². The van der Waals surface area contributed by atoms with Crippen LogP contribution in [0.1, 0.15) is 32.6 Å². The number of likely N-dealkylation sites (tertiary alicyclic amines) is 1. The Morgan fingerprint density at radius 3 is 2.50 bits per heavy atom. The summed E-state index contributed by atoms with van der Waals surface area (Å²) in [4.78, 5) is 13.4. The maximum atomic E-state index is 11.5. The largest absolute Gasteiger partial charge is 0.343 e. The van der Waals surface area contributed by atoms with Crippen LogP contribution in [0.2, 0.25) is 0 Å². The lowest BCUT2D eigenvalue weighted by molar-refractivity contribution is -0.132. The second kappa shape index (κ2) is 4.45. The Morgan fingerprint density at radius 1 is 1.42 bits per heavy atom. The Labute approximate surface area is 73.9 Å². The average molecular weight is 170 g/mol. The molecule has 0 aromatic heterocycles. The van der Waals surface area contributed by atoms with E-state index in [9.17, 15) is 4.79 Å². The van der Waals surface area contributed by atoms with Gasteiger partial charge in [0.1, 0.15) is 0 Å². The van der Waals surface area contributed by atoms with Gasteiger partial charge in [0.05, 0.1) is 0 Å². The quantitative estimate of drug-likeness (QED) is 0.664. The molecule has 1 rings (SSSR count). The van der Waals surface area contributed by atoms with Gasteiger partial charge in [0.25, 0.3) is 0 Å². The molecule has 0 aromatic carbocycles. The number of hydrogen-bond acceptors (Lipinski definition) is 2. The molecule has 1 aliphatic rings. The summed E-state index contributed by atoms with van der Waals surface area (Å²) in [6.07, 6.45) is 4.08. The molecular formula is C9H18N2O. The first-order valence-electron chi connectivity index (χ1n) is 4.73. The molecule has 0 aliphatic carbocycles. The van der Waals surface area contributed by atoms with Crippen LogP contribution in [0.4, 0.5) is 0 Å². The van der Waals surface area contributed by atoms with Crippen molar-refractivity contribution in [2.75, 3.05) is 13.1 Å². The number of carbonyl (C=O) groups excluding carboxylic acids is 1. The van der Waals surface area contributed by atoms with Gasteiger partial charge in [-0.05, 0) is 26.2 Å². The van der Waals surface area contributed by atoms with Crippen LogP contribution in [0, 0.1) is 0 Å². The summed E-state index contributed by atoms with van der Waals surface area (Å²) < 4.78 is 0. The fourth-order valence-electron chi connectivity index (χ4n) is 1.55. The molecule has 3 nitrogen and oxygen atoms in total. The van der Waals surface area contributed by atoms with Crippen LogP contribution in [-0.4, -0.2) is 29.9 Å². The molecule has 1 unspecified atom stereocenters. The van der Waals surface area contributed by atoms with Crippen molar-refractivity contribution in [1.29, 1.82) is 0 Å². The summed E-state index contributed by atoms with van der Waals surface area (Å²) >= 11 is 0. The molecule has 1 atom stereocenters. The van der Waals surface area contributed by atoms with Crippen LogP contribution >= 0.6 is 0 Å². The second-order valence-corrected chi connectivity index (χ2v) is 3.62. The normalized spacial score (nSPS) is 20.7.